The van der Waals surface area contributed by atoms with Crippen LogP contribution in [0.4, 0.5) is 0 Å². The van der Waals surface area contributed by atoms with Crippen LogP contribution in [0.25, 0.3) is 0 Å². The third-order valence-corrected chi connectivity index (χ3v) is 4.27. The number of hydrogen-bond donors (Lipinski definition) is 7. The summed E-state index contributed by atoms with van der Waals surface area (Å²) in [6, 6.07) is -1.01. The van der Waals surface area contributed by atoms with Crippen molar-refractivity contribution >= 4 is 5.91 Å². The number of nitrogens with one attached hydrogen (secondary N) is 1. The number of aliphatic hydroxyl groups is 6. The van der Waals surface area contributed by atoms with Crippen LogP contribution in [-0.2, 0) is 19.0 Å². The molecule has 2 fully saturated rings. The van der Waals surface area contributed by atoms with Crippen LogP contribution in [0.2, 0.25) is 0 Å². The van der Waals surface area contributed by atoms with Gasteiger partial charge in [-0.05, 0) is 0 Å². The van der Waals surface area contributed by atoms with Gasteiger partial charge in [0.05, 0.1) is 25.4 Å². The lowest BCUT2D eigenvalue weighted by molar-refractivity contribution is -0.327. The Morgan fingerprint density at radius 3 is 2.32 bits per heavy atom. The van der Waals surface area contributed by atoms with Gasteiger partial charge in [-0.2, -0.15) is 0 Å². The molecule has 2 saturated heterocycles. The van der Waals surface area contributed by atoms with Crippen molar-refractivity contribution in [3.8, 4) is 0 Å². The van der Waals surface area contributed by atoms with Crippen LogP contribution in [-0.4, -0.2) is 105 Å². The summed E-state index contributed by atoms with van der Waals surface area (Å²) in [5, 5.41) is 60.5. The highest BCUT2D eigenvalue weighted by atomic mass is 16.7. The summed E-state index contributed by atoms with van der Waals surface area (Å²) in [4.78, 5) is 11.3. The largest absolute Gasteiger partial charge is 0.394 e. The molecule has 2 rings (SSSR count). The van der Waals surface area contributed by atoms with Crippen LogP contribution in [0.5, 0.6) is 0 Å². The molecule has 0 unspecified atom stereocenters. The summed E-state index contributed by atoms with van der Waals surface area (Å²) >= 11 is 0. The van der Waals surface area contributed by atoms with Crippen LogP contribution in [0.15, 0.2) is 0 Å². The van der Waals surface area contributed by atoms with Gasteiger partial charge < -0.3 is 50.2 Å². The highest BCUT2D eigenvalue weighted by molar-refractivity contribution is 5.73. The Hall–Kier alpha value is -0.890. The van der Waals surface area contributed by atoms with E-state index in [4.69, 9.17) is 14.2 Å². The van der Waals surface area contributed by atoms with Crippen molar-refractivity contribution in [3.63, 3.8) is 0 Å². The molecule has 1 amide bonds. The normalized spacial score (nSPS) is 45.2. The number of carbonyl (C=O) groups is 1. The molecule has 0 aliphatic carbocycles. The van der Waals surface area contributed by atoms with Gasteiger partial charge in [0.2, 0.25) is 5.91 Å². The highest BCUT2D eigenvalue weighted by Crippen LogP contribution is 2.28. The number of amides is 1. The van der Waals surface area contributed by atoms with Gasteiger partial charge in [-0.3, -0.25) is 4.79 Å². The molecular formula is C14H25NO10. The highest BCUT2D eigenvalue weighted by Gasteiger charge is 2.47. The lowest BCUT2D eigenvalue weighted by Crippen LogP contribution is -2.63. The van der Waals surface area contributed by atoms with Gasteiger partial charge >= 0.3 is 0 Å². The second kappa shape index (κ2) is 8.66. The van der Waals surface area contributed by atoms with Crippen molar-refractivity contribution in [2.45, 2.75) is 68.6 Å². The predicted molar refractivity (Wildman–Crippen MR) is 78.8 cm³/mol. The Kier molecular flexibility index (Phi) is 7.08. The van der Waals surface area contributed by atoms with Crippen molar-refractivity contribution in [1.82, 2.24) is 5.32 Å². The third kappa shape index (κ3) is 4.64. The number of rotatable bonds is 5. The van der Waals surface area contributed by atoms with E-state index in [1.165, 1.54) is 6.92 Å². The van der Waals surface area contributed by atoms with E-state index in [0.29, 0.717) is 0 Å². The van der Waals surface area contributed by atoms with Crippen molar-refractivity contribution in [3.05, 3.63) is 0 Å². The zero-order valence-corrected chi connectivity index (χ0v) is 13.6. The Balaban J connectivity index is 2.13. The molecule has 11 nitrogen and oxygen atoms in total. The number of ether oxygens (including phenoxy) is 3. The molecule has 11 heteroatoms. The molecular weight excluding hydrogens is 342 g/mol. The zero-order chi connectivity index (χ0) is 18.7. The van der Waals surface area contributed by atoms with Gasteiger partial charge in [0.25, 0.3) is 0 Å². The minimum absolute atomic E-state index is 0.0630. The number of carbonyl (C=O) groups excluding carboxylic acids is 1. The van der Waals surface area contributed by atoms with Gasteiger partial charge in [0.1, 0.15) is 30.5 Å². The standard InChI is InChI=1S/C14H25NO10/c1-5(18)15-9-7(2-6(3-16)23-13(9)22)24-14-12(21)11(20)10(19)8(4-17)25-14/h6-14,16-17,19-22H,2-4H2,1H3,(H,15,18)/t6-,7-,8+,9-,10-,11-,12+,13-,14+/m0/s1. The molecule has 0 aromatic heterocycles. The topological polar surface area (TPSA) is 178 Å². The molecule has 0 bridgehead atoms. The monoisotopic (exact) mass is 367 g/mol. The SMILES string of the molecule is CC(=O)N[C@H]1[C@@H](O[C@@H]2O[C@H](CO)[C@H](O)[C@H](O)[C@H]2O)C[C@@H](CO)O[C@@H]1O. The molecule has 2 aliphatic heterocycles. The third-order valence-electron chi connectivity index (χ3n) is 4.27. The molecule has 25 heavy (non-hydrogen) atoms. The van der Waals surface area contributed by atoms with Crippen LogP contribution in [0, 0.1) is 0 Å². The van der Waals surface area contributed by atoms with Gasteiger partial charge in [-0.1, -0.05) is 0 Å². The molecule has 2 heterocycles. The smallest absolute Gasteiger partial charge is 0.217 e. The molecule has 0 radical (unpaired) electrons. The summed E-state index contributed by atoms with van der Waals surface area (Å²) in [5.74, 6) is -0.461. The quantitative estimate of drug-likeness (QED) is 0.252. The first-order valence-electron chi connectivity index (χ1n) is 7.96. The molecule has 0 saturated carbocycles. The van der Waals surface area contributed by atoms with Crippen molar-refractivity contribution < 1.29 is 49.6 Å². The summed E-state index contributed by atoms with van der Waals surface area (Å²) in [5.41, 5.74) is 0. The first-order chi connectivity index (χ1) is 11.8. The predicted octanol–water partition coefficient (Wildman–Crippen LogP) is -4.22. The van der Waals surface area contributed by atoms with Crippen LogP contribution < -0.4 is 5.32 Å². The number of aliphatic hydroxyl groups excluding tert-OH is 6. The fraction of sp³-hybridized carbons (Fsp3) is 0.929. The average molecular weight is 367 g/mol. The van der Waals surface area contributed by atoms with Gasteiger partial charge in [-0.15, -0.1) is 0 Å². The molecule has 9 atom stereocenters. The van der Waals surface area contributed by atoms with E-state index in [0.717, 1.165) is 0 Å². The molecule has 0 aromatic rings. The van der Waals surface area contributed by atoms with E-state index in [9.17, 15) is 35.4 Å². The summed E-state index contributed by atoms with van der Waals surface area (Å²) in [6.45, 7) is 0.212. The van der Waals surface area contributed by atoms with Crippen molar-refractivity contribution in [1.29, 1.82) is 0 Å². The van der Waals surface area contributed by atoms with Crippen LogP contribution in [0.1, 0.15) is 13.3 Å². The van der Waals surface area contributed by atoms with Crippen molar-refractivity contribution in [2.24, 2.45) is 0 Å². The van der Waals surface area contributed by atoms with E-state index in [-0.39, 0.29) is 6.42 Å². The summed E-state index contributed by atoms with van der Waals surface area (Å²) < 4.78 is 16.0. The maximum Gasteiger partial charge on any atom is 0.217 e. The fourth-order valence-corrected chi connectivity index (χ4v) is 2.94. The maximum atomic E-state index is 11.3. The Labute approximate surface area is 143 Å². The first-order valence-corrected chi connectivity index (χ1v) is 7.96. The second-order valence-corrected chi connectivity index (χ2v) is 6.17. The average Bonchev–Trinajstić information content (AvgIpc) is 2.57. The van der Waals surface area contributed by atoms with E-state index in [2.05, 4.69) is 5.32 Å². The molecule has 7 N–H and O–H groups in total. The van der Waals surface area contributed by atoms with Crippen LogP contribution in [0.3, 0.4) is 0 Å². The Morgan fingerprint density at radius 2 is 1.76 bits per heavy atom. The van der Waals surface area contributed by atoms with Gasteiger partial charge in [0, 0.05) is 13.3 Å². The minimum atomic E-state index is -1.62. The second-order valence-electron chi connectivity index (χ2n) is 6.17. The Bertz CT molecular complexity index is 449. The Morgan fingerprint density at radius 1 is 1.08 bits per heavy atom. The van der Waals surface area contributed by atoms with Gasteiger partial charge in [0.15, 0.2) is 12.6 Å². The van der Waals surface area contributed by atoms with Gasteiger partial charge in [-0.25, -0.2) is 0 Å². The maximum absolute atomic E-state index is 11.3. The van der Waals surface area contributed by atoms with E-state index in [1.807, 2.05) is 0 Å². The van der Waals surface area contributed by atoms with Crippen LogP contribution >= 0.6 is 0 Å². The zero-order valence-electron chi connectivity index (χ0n) is 13.6. The fourth-order valence-electron chi connectivity index (χ4n) is 2.94. The minimum Gasteiger partial charge on any atom is -0.394 e. The first kappa shape index (κ1) is 20.4. The van der Waals surface area contributed by atoms with E-state index in [1.54, 1.807) is 0 Å². The van der Waals surface area contributed by atoms with Crippen molar-refractivity contribution in [2.75, 3.05) is 13.2 Å². The number of hydrogen-bond acceptors (Lipinski definition) is 10. The van der Waals surface area contributed by atoms with E-state index >= 15 is 0 Å². The summed E-state index contributed by atoms with van der Waals surface area (Å²) in [6.07, 6.45) is -10.4. The van der Waals surface area contributed by atoms with E-state index < -0.39 is 74.4 Å². The molecule has 0 spiro atoms. The lowest BCUT2D eigenvalue weighted by atomic mass is 9.97. The molecule has 0 aromatic carbocycles. The lowest BCUT2D eigenvalue weighted by Gasteiger charge is -2.44. The molecule has 146 valence electrons. The summed E-state index contributed by atoms with van der Waals surface area (Å²) in [7, 11) is 0. The molecule has 2 aliphatic rings.